The molecule has 2 aromatic rings. The van der Waals surface area contributed by atoms with E-state index in [0.29, 0.717) is 12.1 Å². The summed E-state index contributed by atoms with van der Waals surface area (Å²) in [4.78, 5) is 14.3. The summed E-state index contributed by atoms with van der Waals surface area (Å²) in [5.41, 5.74) is 1.72. The van der Waals surface area contributed by atoms with Gasteiger partial charge in [-0.1, -0.05) is 30.3 Å². The van der Waals surface area contributed by atoms with Crippen LogP contribution in [0.2, 0.25) is 0 Å². The minimum atomic E-state index is -0.437. The first kappa shape index (κ1) is 13.2. The highest BCUT2D eigenvalue weighted by Crippen LogP contribution is 2.23. The fourth-order valence-corrected chi connectivity index (χ4v) is 2.10. The van der Waals surface area contributed by atoms with Gasteiger partial charge in [-0.15, -0.1) is 0 Å². The molecule has 100 valence electrons. The van der Waals surface area contributed by atoms with Gasteiger partial charge in [0.1, 0.15) is 5.69 Å². The van der Waals surface area contributed by atoms with Crippen molar-refractivity contribution < 1.29 is 4.92 Å². The molecular weight excluding hydrogens is 244 g/mol. The summed E-state index contributed by atoms with van der Waals surface area (Å²) in [6.07, 6.45) is 2.00. The van der Waals surface area contributed by atoms with Crippen LogP contribution in [0.15, 0.2) is 36.7 Å². The number of likely N-dealkylation sites (N-methyl/N-ethyl adjacent to an activating group) is 1. The standard InChI is InChI=1S/C13H16N4O2/c1-14-11(10-6-4-3-5-7-10)8-12-13(17(18)19)15-9-16(12)2/h3-7,9,11,14H,8H2,1-2H3. The molecule has 1 heterocycles. The second kappa shape index (κ2) is 5.62. The minimum absolute atomic E-state index is 0.0234. The molecule has 6 heteroatoms. The second-order valence-corrected chi connectivity index (χ2v) is 4.34. The molecule has 0 fully saturated rings. The van der Waals surface area contributed by atoms with Crippen molar-refractivity contribution in [2.75, 3.05) is 7.05 Å². The molecule has 0 aliphatic carbocycles. The molecule has 1 unspecified atom stereocenters. The van der Waals surface area contributed by atoms with Crippen LogP contribution < -0.4 is 5.32 Å². The molecule has 0 bridgehead atoms. The third kappa shape index (κ3) is 2.79. The summed E-state index contributed by atoms with van der Waals surface area (Å²) in [5.74, 6) is -0.0707. The summed E-state index contributed by atoms with van der Waals surface area (Å²) < 4.78 is 1.70. The quantitative estimate of drug-likeness (QED) is 0.657. The van der Waals surface area contributed by atoms with Crippen molar-refractivity contribution in [3.63, 3.8) is 0 Å². The number of benzene rings is 1. The maximum atomic E-state index is 11.0. The molecule has 0 amide bonds. The number of aryl methyl sites for hydroxylation is 1. The molecule has 1 aromatic carbocycles. The minimum Gasteiger partial charge on any atom is -0.358 e. The smallest absolute Gasteiger partial charge is 0.358 e. The SMILES string of the molecule is CNC(Cc1c([N+](=O)[O-])ncn1C)c1ccccc1. The highest BCUT2D eigenvalue weighted by atomic mass is 16.6. The van der Waals surface area contributed by atoms with E-state index in [0.717, 1.165) is 5.56 Å². The molecule has 0 saturated carbocycles. The van der Waals surface area contributed by atoms with Crippen LogP contribution in [0.1, 0.15) is 17.3 Å². The third-order valence-electron chi connectivity index (χ3n) is 3.16. The Bertz CT molecular complexity index is 565. The number of rotatable bonds is 5. The van der Waals surface area contributed by atoms with Crippen LogP contribution in [0, 0.1) is 10.1 Å². The lowest BCUT2D eigenvalue weighted by Gasteiger charge is -2.16. The zero-order chi connectivity index (χ0) is 13.8. The van der Waals surface area contributed by atoms with Crippen LogP contribution in [0.25, 0.3) is 0 Å². The van der Waals surface area contributed by atoms with Gasteiger partial charge < -0.3 is 20.0 Å². The molecule has 19 heavy (non-hydrogen) atoms. The van der Waals surface area contributed by atoms with E-state index in [2.05, 4.69) is 10.3 Å². The number of nitro groups is 1. The van der Waals surface area contributed by atoms with E-state index in [1.165, 1.54) is 6.33 Å². The van der Waals surface area contributed by atoms with Gasteiger partial charge in [0.2, 0.25) is 6.33 Å². The molecule has 6 nitrogen and oxygen atoms in total. The molecule has 0 spiro atoms. The summed E-state index contributed by atoms with van der Waals surface area (Å²) in [6.45, 7) is 0. The molecule has 2 rings (SSSR count). The molecule has 0 aliphatic rings. The van der Waals surface area contributed by atoms with Gasteiger partial charge in [-0.05, 0) is 22.5 Å². The van der Waals surface area contributed by atoms with Crippen molar-refractivity contribution in [1.29, 1.82) is 0 Å². The fraction of sp³-hybridized carbons (Fsp3) is 0.308. The zero-order valence-corrected chi connectivity index (χ0v) is 10.9. The Morgan fingerprint density at radius 2 is 2.11 bits per heavy atom. The third-order valence-corrected chi connectivity index (χ3v) is 3.16. The second-order valence-electron chi connectivity index (χ2n) is 4.34. The van der Waals surface area contributed by atoms with E-state index < -0.39 is 4.92 Å². The Morgan fingerprint density at radius 3 is 2.68 bits per heavy atom. The molecule has 1 N–H and O–H groups in total. The van der Waals surface area contributed by atoms with Crippen LogP contribution in [0.5, 0.6) is 0 Å². The number of nitrogens with zero attached hydrogens (tertiary/aromatic N) is 3. The van der Waals surface area contributed by atoms with Crippen LogP contribution in [0.3, 0.4) is 0 Å². The average Bonchev–Trinajstić information content (AvgIpc) is 2.78. The maximum absolute atomic E-state index is 11.0. The number of aromatic nitrogens is 2. The number of hydrogen-bond acceptors (Lipinski definition) is 4. The Balaban J connectivity index is 2.29. The predicted octanol–water partition coefficient (Wildman–Crippen LogP) is 1.83. The first-order chi connectivity index (χ1) is 9.13. The summed E-state index contributed by atoms with van der Waals surface area (Å²) in [6, 6.07) is 9.89. The monoisotopic (exact) mass is 260 g/mol. The predicted molar refractivity (Wildman–Crippen MR) is 71.8 cm³/mol. The van der Waals surface area contributed by atoms with E-state index in [1.54, 1.807) is 11.6 Å². The van der Waals surface area contributed by atoms with E-state index in [9.17, 15) is 10.1 Å². The average molecular weight is 260 g/mol. The van der Waals surface area contributed by atoms with Crippen molar-refractivity contribution in [3.8, 4) is 0 Å². The Morgan fingerprint density at radius 1 is 1.42 bits per heavy atom. The summed E-state index contributed by atoms with van der Waals surface area (Å²) >= 11 is 0. The number of imidazole rings is 1. The molecule has 0 saturated heterocycles. The first-order valence-electron chi connectivity index (χ1n) is 6.00. The lowest BCUT2D eigenvalue weighted by Crippen LogP contribution is -2.20. The van der Waals surface area contributed by atoms with Gasteiger partial charge in [0, 0.05) is 19.5 Å². The van der Waals surface area contributed by atoms with Gasteiger partial charge in [-0.25, -0.2) is 0 Å². The number of hydrogen-bond donors (Lipinski definition) is 1. The first-order valence-corrected chi connectivity index (χ1v) is 6.00. The van der Waals surface area contributed by atoms with Crippen molar-refractivity contribution in [2.24, 2.45) is 7.05 Å². The topological polar surface area (TPSA) is 73.0 Å². The molecule has 0 aliphatic heterocycles. The normalized spacial score (nSPS) is 12.3. The zero-order valence-electron chi connectivity index (χ0n) is 10.9. The van der Waals surface area contributed by atoms with Gasteiger partial charge >= 0.3 is 5.82 Å². The molecular formula is C13H16N4O2. The Hall–Kier alpha value is -2.21. The lowest BCUT2D eigenvalue weighted by molar-refractivity contribution is -0.390. The number of nitrogens with one attached hydrogen (secondary N) is 1. The fourth-order valence-electron chi connectivity index (χ4n) is 2.10. The van der Waals surface area contributed by atoms with E-state index in [-0.39, 0.29) is 11.9 Å². The van der Waals surface area contributed by atoms with Crippen molar-refractivity contribution in [3.05, 3.63) is 58.0 Å². The van der Waals surface area contributed by atoms with Crippen molar-refractivity contribution in [1.82, 2.24) is 14.9 Å². The van der Waals surface area contributed by atoms with E-state index >= 15 is 0 Å². The molecule has 1 aromatic heterocycles. The molecule has 0 radical (unpaired) electrons. The largest absolute Gasteiger partial charge is 0.384 e. The highest BCUT2D eigenvalue weighted by Gasteiger charge is 2.23. The van der Waals surface area contributed by atoms with Gasteiger partial charge in [0.15, 0.2) is 0 Å². The van der Waals surface area contributed by atoms with E-state index in [4.69, 9.17) is 0 Å². The summed E-state index contributed by atoms with van der Waals surface area (Å²) in [5, 5.41) is 14.1. The molecule has 1 atom stereocenters. The maximum Gasteiger partial charge on any atom is 0.384 e. The highest BCUT2D eigenvalue weighted by molar-refractivity contribution is 5.30. The van der Waals surface area contributed by atoms with Gasteiger partial charge in [-0.2, -0.15) is 0 Å². The Labute approximate surface area is 111 Å². The lowest BCUT2D eigenvalue weighted by atomic mass is 10.0. The van der Waals surface area contributed by atoms with Crippen molar-refractivity contribution >= 4 is 5.82 Å². The van der Waals surface area contributed by atoms with Crippen LogP contribution >= 0.6 is 0 Å². The van der Waals surface area contributed by atoms with Crippen LogP contribution in [-0.2, 0) is 13.5 Å². The summed E-state index contributed by atoms with van der Waals surface area (Å²) in [7, 11) is 3.62. The van der Waals surface area contributed by atoms with Gasteiger partial charge in [0.25, 0.3) is 0 Å². The van der Waals surface area contributed by atoms with Crippen molar-refractivity contribution in [2.45, 2.75) is 12.5 Å². The van der Waals surface area contributed by atoms with Gasteiger partial charge in [0.05, 0.1) is 0 Å². The van der Waals surface area contributed by atoms with Gasteiger partial charge in [-0.3, -0.25) is 0 Å². The van der Waals surface area contributed by atoms with Crippen LogP contribution in [-0.4, -0.2) is 21.5 Å². The van der Waals surface area contributed by atoms with Crippen LogP contribution in [0.4, 0.5) is 5.82 Å². The Kier molecular flexibility index (Phi) is 3.91. The van der Waals surface area contributed by atoms with E-state index in [1.807, 2.05) is 37.4 Å².